The minimum Gasteiger partial charge on any atom is -0.506 e. The largest absolute Gasteiger partial charge is 0.506 e. The van der Waals surface area contributed by atoms with Gasteiger partial charge in [-0.2, -0.15) is 0 Å². The Morgan fingerprint density at radius 2 is 1.51 bits per heavy atom. The van der Waals surface area contributed by atoms with Crippen LogP contribution in [-0.2, 0) is 32.0 Å². The predicted octanol–water partition coefficient (Wildman–Crippen LogP) is 5.12. The number of aromatic amines is 1. The lowest BCUT2D eigenvalue weighted by Gasteiger charge is -2.27. The molecule has 0 fully saturated rings. The molecular weight excluding hydrogens is 673 g/mol. The van der Waals surface area contributed by atoms with Crippen molar-refractivity contribution in [1.82, 2.24) is 20.1 Å². The number of hydrogen-bond donors (Lipinski definition) is 5. The molecule has 0 saturated heterocycles. The van der Waals surface area contributed by atoms with Gasteiger partial charge in [-0.15, -0.1) is 0 Å². The SMILES string of the molecule is CCN(CC)CCN(CCNCCc1ccc(O)c2[nH]c(=O)sc12)C(=O)CCOCCc1cccc2ccccc12.O=C(O)CCCCC(=O)O. The molecule has 3 aromatic carbocycles. The molecule has 1 amide bonds. The van der Waals surface area contributed by atoms with Crippen molar-refractivity contribution in [3.05, 3.63) is 75.4 Å². The Kier molecular flexibility index (Phi) is 18.1. The first kappa shape index (κ1) is 41.1. The molecule has 13 heteroatoms. The van der Waals surface area contributed by atoms with Gasteiger partial charge in [0, 0.05) is 39.0 Å². The number of benzene rings is 3. The molecule has 12 nitrogen and oxygen atoms in total. The van der Waals surface area contributed by atoms with E-state index in [1.807, 2.05) is 11.0 Å². The van der Waals surface area contributed by atoms with Crippen LogP contribution >= 0.6 is 11.3 Å². The first-order valence-electron chi connectivity index (χ1n) is 17.6. The van der Waals surface area contributed by atoms with E-state index in [0.717, 1.165) is 54.1 Å². The van der Waals surface area contributed by atoms with Gasteiger partial charge in [-0.25, -0.2) is 0 Å². The summed E-state index contributed by atoms with van der Waals surface area (Å²) in [6.07, 6.45) is 2.93. The Morgan fingerprint density at radius 1 is 0.804 bits per heavy atom. The van der Waals surface area contributed by atoms with Gasteiger partial charge in [0.15, 0.2) is 0 Å². The highest BCUT2D eigenvalue weighted by molar-refractivity contribution is 7.16. The highest BCUT2D eigenvalue weighted by atomic mass is 32.1. The Morgan fingerprint density at radius 3 is 2.22 bits per heavy atom. The number of aliphatic carboxylic acids is 2. The van der Waals surface area contributed by atoms with E-state index < -0.39 is 11.9 Å². The molecule has 278 valence electrons. The lowest BCUT2D eigenvalue weighted by atomic mass is 10.0. The van der Waals surface area contributed by atoms with Crippen LogP contribution in [0, 0.1) is 0 Å². The van der Waals surface area contributed by atoms with Crippen molar-refractivity contribution in [3.63, 3.8) is 0 Å². The number of hydrogen-bond acceptors (Lipinski definition) is 9. The zero-order valence-electron chi connectivity index (χ0n) is 29.7. The summed E-state index contributed by atoms with van der Waals surface area (Å²) in [7, 11) is 0. The van der Waals surface area contributed by atoms with Gasteiger partial charge in [0.25, 0.3) is 0 Å². The molecule has 0 unspecified atom stereocenters. The normalized spacial score (nSPS) is 11.1. The van der Waals surface area contributed by atoms with Crippen LogP contribution in [0.25, 0.3) is 21.0 Å². The first-order valence-corrected chi connectivity index (χ1v) is 18.5. The minimum absolute atomic E-state index is 0.0628. The summed E-state index contributed by atoms with van der Waals surface area (Å²) in [6, 6.07) is 18.2. The number of amides is 1. The fraction of sp³-hybridized carbons (Fsp3) is 0.474. The van der Waals surface area contributed by atoms with Gasteiger partial charge in [-0.05, 0) is 73.3 Å². The summed E-state index contributed by atoms with van der Waals surface area (Å²) in [5.41, 5.74) is 2.79. The second kappa shape index (κ2) is 22.5. The number of H-pyrrole nitrogens is 1. The maximum atomic E-state index is 13.2. The fourth-order valence-corrected chi connectivity index (χ4v) is 6.56. The van der Waals surface area contributed by atoms with Gasteiger partial charge in [0.1, 0.15) is 11.3 Å². The van der Waals surface area contributed by atoms with Crippen molar-refractivity contribution in [2.24, 2.45) is 0 Å². The number of aromatic nitrogens is 1. The van der Waals surface area contributed by atoms with Gasteiger partial charge in [0.05, 0.1) is 24.3 Å². The van der Waals surface area contributed by atoms with Crippen LogP contribution in [0.2, 0.25) is 0 Å². The van der Waals surface area contributed by atoms with Crippen LogP contribution in [0.3, 0.4) is 0 Å². The van der Waals surface area contributed by atoms with Crippen molar-refractivity contribution in [2.45, 2.75) is 58.8 Å². The van der Waals surface area contributed by atoms with Crippen molar-refractivity contribution in [2.75, 3.05) is 59.0 Å². The molecule has 0 aliphatic heterocycles. The molecule has 0 aliphatic carbocycles. The van der Waals surface area contributed by atoms with Gasteiger partial charge in [-0.1, -0.05) is 73.7 Å². The lowest BCUT2D eigenvalue weighted by Crippen LogP contribution is -2.42. The van der Waals surface area contributed by atoms with Crippen LogP contribution < -0.4 is 10.2 Å². The number of phenols is 1. The Hall–Kier alpha value is -4.30. The standard InChI is InChI=1S/C32H42N4O4S.C6H10O4/c1-3-35(4-2)20-21-36(19-18-33-17-14-26-12-13-28(37)30-31(26)41-32(39)34-30)29(38)16-23-40-22-15-25-10-7-9-24-8-5-6-11-27(24)25;7-5(8)3-1-2-4-6(9)10/h5-13,33,37H,3-4,14-23H2,1-2H3,(H,34,39);1-4H2,(H,7,8)(H,9,10). The summed E-state index contributed by atoms with van der Waals surface area (Å²) in [4.78, 5) is 51.5. The molecule has 1 aromatic heterocycles. The number of rotatable bonds is 22. The topological polar surface area (TPSA) is 172 Å². The summed E-state index contributed by atoms with van der Waals surface area (Å²) in [5, 5.41) is 32.2. The number of carboxylic acid groups (broad SMARTS) is 2. The summed E-state index contributed by atoms with van der Waals surface area (Å²) in [5.74, 6) is -1.54. The zero-order valence-corrected chi connectivity index (χ0v) is 30.5. The highest BCUT2D eigenvalue weighted by Gasteiger charge is 2.15. The molecule has 0 saturated carbocycles. The Labute approximate surface area is 303 Å². The monoisotopic (exact) mass is 724 g/mol. The van der Waals surface area contributed by atoms with Crippen LogP contribution in [0.5, 0.6) is 5.75 Å². The fourth-order valence-electron chi connectivity index (χ4n) is 5.66. The summed E-state index contributed by atoms with van der Waals surface area (Å²) in [6.45, 7) is 10.7. The molecule has 0 radical (unpaired) electrons. The predicted molar refractivity (Wildman–Crippen MR) is 202 cm³/mol. The molecule has 51 heavy (non-hydrogen) atoms. The number of aromatic hydroxyl groups is 1. The second-order valence-corrected chi connectivity index (χ2v) is 13.1. The second-order valence-electron chi connectivity index (χ2n) is 12.1. The number of thiazole rings is 1. The number of nitrogens with zero attached hydrogens (tertiary/aromatic N) is 2. The minimum atomic E-state index is -0.870. The molecule has 0 atom stereocenters. The summed E-state index contributed by atoms with van der Waals surface area (Å²) < 4.78 is 6.70. The lowest BCUT2D eigenvalue weighted by molar-refractivity contribution is -0.139. The van der Waals surface area contributed by atoms with E-state index in [9.17, 15) is 24.3 Å². The number of carbonyl (C=O) groups excluding carboxylic acids is 1. The number of phenolic OH excluding ortho intramolecular Hbond substituents is 1. The summed E-state index contributed by atoms with van der Waals surface area (Å²) >= 11 is 1.12. The number of nitrogens with one attached hydrogen (secondary N) is 2. The van der Waals surface area contributed by atoms with E-state index in [1.165, 1.54) is 16.3 Å². The molecule has 4 rings (SSSR count). The van der Waals surface area contributed by atoms with E-state index in [0.29, 0.717) is 64.2 Å². The van der Waals surface area contributed by atoms with Gasteiger partial charge < -0.3 is 40.2 Å². The quantitative estimate of drug-likeness (QED) is 0.0686. The maximum absolute atomic E-state index is 13.2. The number of carboxylic acids is 2. The van der Waals surface area contributed by atoms with Gasteiger partial charge in [-0.3, -0.25) is 19.2 Å². The van der Waals surface area contributed by atoms with Crippen molar-refractivity contribution in [3.8, 4) is 5.75 Å². The third kappa shape index (κ3) is 14.5. The van der Waals surface area contributed by atoms with E-state index in [4.69, 9.17) is 14.9 Å². The van der Waals surface area contributed by atoms with Gasteiger partial charge >= 0.3 is 16.8 Å². The highest BCUT2D eigenvalue weighted by Crippen LogP contribution is 2.27. The average molecular weight is 725 g/mol. The molecule has 0 bridgehead atoms. The molecule has 0 spiro atoms. The molecule has 4 aromatic rings. The number of fused-ring (bicyclic) bond motifs is 2. The molecular formula is C38H52N4O8S. The molecule has 1 heterocycles. The average Bonchev–Trinajstić information content (AvgIpc) is 3.52. The third-order valence-corrected chi connectivity index (χ3v) is 9.55. The van der Waals surface area contributed by atoms with E-state index in [-0.39, 0.29) is 29.4 Å². The number of likely N-dealkylation sites (N-methyl/N-ethyl adjacent to an activating group) is 1. The number of carbonyl (C=O) groups is 3. The van der Waals surface area contributed by atoms with Crippen LogP contribution in [-0.4, -0.2) is 107 Å². The smallest absolute Gasteiger partial charge is 0.305 e. The molecule has 0 aliphatic rings. The Bertz CT molecular complexity index is 1710. The van der Waals surface area contributed by atoms with Gasteiger partial charge in [0.2, 0.25) is 5.91 Å². The first-order chi connectivity index (χ1) is 24.6. The van der Waals surface area contributed by atoms with Crippen molar-refractivity contribution >= 4 is 50.2 Å². The number of ether oxygens (including phenoxy) is 1. The maximum Gasteiger partial charge on any atom is 0.305 e. The van der Waals surface area contributed by atoms with Crippen molar-refractivity contribution < 1.29 is 34.4 Å². The van der Waals surface area contributed by atoms with Crippen LogP contribution in [0.1, 0.15) is 57.1 Å². The number of unbranched alkanes of at least 4 members (excludes halogenated alkanes) is 1. The van der Waals surface area contributed by atoms with Crippen molar-refractivity contribution in [1.29, 1.82) is 0 Å². The zero-order chi connectivity index (χ0) is 37.0. The Balaban J connectivity index is 0.000000612. The molecule has 5 N–H and O–H groups in total. The van der Waals surface area contributed by atoms with Crippen LogP contribution in [0.15, 0.2) is 59.4 Å². The van der Waals surface area contributed by atoms with E-state index >= 15 is 0 Å². The third-order valence-electron chi connectivity index (χ3n) is 8.59. The van der Waals surface area contributed by atoms with E-state index in [1.54, 1.807) is 6.07 Å². The van der Waals surface area contributed by atoms with E-state index in [2.05, 4.69) is 71.5 Å². The van der Waals surface area contributed by atoms with Crippen LogP contribution in [0.4, 0.5) is 0 Å².